The fourth-order valence-electron chi connectivity index (χ4n) is 3.09. The molecule has 0 heterocycles. The Bertz CT molecular complexity index is 598. The van der Waals surface area contributed by atoms with Crippen molar-refractivity contribution in [2.45, 2.75) is 31.7 Å². The fraction of sp³-hybridized carbons (Fsp3) is 0.500. The molecule has 0 radical (unpaired) electrons. The molecule has 1 aromatic carbocycles. The van der Waals surface area contributed by atoms with Crippen molar-refractivity contribution in [3.63, 3.8) is 0 Å². The molecule has 0 spiro atoms. The molecule has 1 amide bonds. The van der Waals surface area contributed by atoms with E-state index < -0.39 is 11.5 Å². The molecule has 0 fully saturated rings. The Hall–Kier alpha value is -2.24. The van der Waals surface area contributed by atoms with Crippen LogP contribution in [-0.2, 0) is 27.2 Å². The number of esters is 1. The molecule has 6 nitrogen and oxygen atoms in total. The number of amides is 1. The number of ether oxygens (including phenoxy) is 3. The van der Waals surface area contributed by atoms with Crippen LogP contribution in [0, 0.1) is 0 Å². The van der Waals surface area contributed by atoms with Gasteiger partial charge in [-0.15, -0.1) is 0 Å². The van der Waals surface area contributed by atoms with E-state index in [0.717, 1.165) is 16.9 Å². The number of hydrogen-bond donors (Lipinski definition) is 1. The number of carbonyl (C=O) groups is 2. The first kappa shape index (κ1) is 16.1. The number of carbonyl (C=O) groups excluding carboxylic acids is 2. The monoisotopic (exact) mass is 307 g/mol. The number of fused-ring (bicyclic) bond motifs is 1. The van der Waals surface area contributed by atoms with Crippen LogP contribution in [0.5, 0.6) is 11.5 Å². The summed E-state index contributed by atoms with van der Waals surface area (Å²) in [4.78, 5) is 23.8. The average molecular weight is 307 g/mol. The van der Waals surface area contributed by atoms with E-state index in [4.69, 9.17) is 14.2 Å². The minimum atomic E-state index is -1.06. The summed E-state index contributed by atoms with van der Waals surface area (Å²) in [6, 6.07) is 3.65. The van der Waals surface area contributed by atoms with Gasteiger partial charge >= 0.3 is 5.97 Å². The molecular weight excluding hydrogens is 286 g/mol. The maximum atomic E-state index is 12.3. The molecule has 6 heteroatoms. The fourth-order valence-corrected chi connectivity index (χ4v) is 3.09. The SMILES string of the molecule is COC(=O)[C@@]1(NC(C)=O)CCc2c(OC)ccc(OC)c2C1. The number of nitrogens with one attached hydrogen (secondary N) is 1. The van der Waals surface area contributed by atoms with Gasteiger partial charge < -0.3 is 19.5 Å². The summed E-state index contributed by atoms with van der Waals surface area (Å²) < 4.78 is 15.7. The van der Waals surface area contributed by atoms with Gasteiger partial charge in [-0.2, -0.15) is 0 Å². The first-order valence-electron chi connectivity index (χ1n) is 7.07. The van der Waals surface area contributed by atoms with Crippen LogP contribution < -0.4 is 14.8 Å². The predicted molar refractivity (Wildman–Crippen MR) is 80.1 cm³/mol. The predicted octanol–water partition coefficient (Wildman–Crippen LogP) is 1.24. The largest absolute Gasteiger partial charge is 0.496 e. The maximum Gasteiger partial charge on any atom is 0.331 e. The zero-order valence-electron chi connectivity index (χ0n) is 13.3. The van der Waals surface area contributed by atoms with Crippen molar-refractivity contribution in [1.29, 1.82) is 0 Å². The Morgan fingerprint density at radius 1 is 1.09 bits per heavy atom. The van der Waals surface area contributed by atoms with Gasteiger partial charge in [-0.3, -0.25) is 4.79 Å². The molecule has 0 bridgehead atoms. The highest BCUT2D eigenvalue weighted by atomic mass is 16.5. The van der Waals surface area contributed by atoms with Crippen LogP contribution in [0.3, 0.4) is 0 Å². The van der Waals surface area contributed by atoms with Crippen molar-refractivity contribution < 1.29 is 23.8 Å². The summed E-state index contributed by atoms with van der Waals surface area (Å²) in [6.45, 7) is 1.39. The van der Waals surface area contributed by atoms with Crippen molar-refractivity contribution in [3.8, 4) is 11.5 Å². The number of hydrogen-bond acceptors (Lipinski definition) is 5. The van der Waals surface area contributed by atoms with Crippen LogP contribution in [0.25, 0.3) is 0 Å². The first-order valence-corrected chi connectivity index (χ1v) is 7.07. The van der Waals surface area contributed by atoms with Gasteiger partial charge in [0, 0.05) is 24.5 Å². The summed E-state index contributed by atoms with van der Waals surface area (Å²) in [5, 5.41) is 2.77. The first-order chi connectivity index (χ1) is 10.5. The highest BCUT2D eigenvalue weighted by Gasteiger charge is 2.44. The Balaban J connectivity index is 2.51. The van der Waals surface area contributed by atoms with Crippen LogP contribution in [0.1, 0.15) is 24.5 Å². The van der Waals surface area contributed by atoms with Crippen molar-refractivity contribution >= 4 is 11.9 Å². The lowest BCUT2D eigenvalue weighted by atomic mass is 9.77. The Morgan fingerprint density at radius 2 is 1.68 bits per heavy atom. The van der Waals surface area contributed by atoms with E-state index in [1.54, 1.807) is 20.3 Å². The molecule has 1 N–H and O–H groups in total. The molecule has 1 aromatic rings. The summed E-state index contributed by atoms with van der Waals surface area (Å²) in [5.74, 6) is 0.722. The third kappa shape index (κ3) is 2.73. The van der Waals surface area contributed by atoms with Gasteiger partial charge in [-0.1, -0.05) is 0 Å². The third-order valence-electron chi connectivity index (χ3n) is 4.06. The zero-order chi connectivity index (χ0) is 16.3. The molecule has 0 aromatic heterocycles. The summed E-state index contributed by atoms with van der Waals surface area (Å²) in [6.07, 6.45) is 1.36. The zero-order valence-corrected chi connectivity index (χ0v) is 13.3. The van der Waals surface area contributed by atoms with Crippen LogP contribution in [0.4, 0.5) is 0 Å². The third-order valence-corrected chi connectivity index (χ3v) is 4.06. The van der Waals surface area contributed by atoms with E-state index in [1.165, 1.54) is 14.0 Å². The van der Waals surface area contributed by atoms with Crippen LogP contribution >= 0.6 is 0 Å². The molecule has 22 heavy (non-hydrogen) atoms. The molecule has 120 valence electrons. The lowest BCUT2D eigenvalue weighted by Gasteiger charge is -2.37. The van der Waals surface area contributed by atoms with E-state index in [1.807, 2.05) is 6.07 Å². The van der Waals surface area contributed by atoms with Crippen LogP contribution in [0.2, 0.25) is 0 Å². The van der Waals surface area contributed by atoms with E-state index in [9.17, 15) is 9.59 Å². The van der Waals surface area contributed by atoms with Gasteiger partial charge in [0.05, 0.1) is 21.3 Å². The molecular formula is C16H21NO5. The molecule has 0 unspecified atom stereocenters. The minimum Gasteiger partial charge on any atom is -0.496 e. The van der Waals surface area contributed by atoms with Gasteiger partial charge in [-0.05, 0) is 25.0 Å². The molecule has 0 saturated carbocycles. The van der Waals surface area contributed by atoms with Crippen molar-refractivity contribution in [3.05, 3.63) is 23.3 Å². The van der Waals surface area contributed by atoms with Crippen molar-refractivity contribution in [2.75, 3.05) is 21.3 Å². The number of rotatable bonds is 4. The van der Waals surface area contributed by atoms with Gasteiger partial charge in [0.15, 0.2) is 0 Å². The summed E-state index contributed by atoms with van der Waals surface area (Å²) >= 11 is 0. The van der Waals surface area contributed by atoms with Gasteiger partial charge in [0.25, 0.3) is 0 Å². The van der Waals surface area contributed by atoms with Crippen molar-refractivity contribution in [2.24, 2.45) is 0 Å². The van der Waals surface area contributed by atoms with E-state index in [-0.39, 0.29) is 5.91 Å². The standard InChI is InChI=1S/C16H21NO5/c1-10(18)17-16(15(19)22-4)8-7-11-12(9-16)14(21-3)6-5-13(11)20-2/h5-6H,7-9H2,1-4H3,(H,17,18)/t16-/m1/s1. The molecule has 1 aliphatic rings. The van der Waals surface area contributed by atoms with E-state index in [0.29, 0.717) is 25.0 Å². The van der Waals surface area contributed by atoms with Crippen LogP contribution in [0.15, 0.2) is 12.1 Å². The Kier molecular flexibility index (Phi) is 4.59. The normalized spacial score (nSPS) is 19.8. The van der Waals surface area contributed by atoms with Gasteiger partial charge in [0.1, 0.15) is 17.0 Å². The lowest BCUT2D eigenvalue weighted by Crippen LogP contribution is -2.57. The molecule has 1 atom stereocenters. The van der Waals surface area contributed by atoms with Gasteiger partial charge in [-0.25, -0.2) is 4.79 Å². The molecule has 0 aliphatic heterocycles. The topological polar surface area (TPSA) is 73.9 Å². The highest BCUT2D eigenvalue weighted by Crippen LogP contribution is 2.39. The molecule has 0 saturated heterocycles. The highest BCUT2D eigenvalue weighted by molar-refractivity contribution is 5.88. The summed E-state index contributed by atoms with van der Waals surface area (Å²) in [5.41, 5.74) is 0.812. The van der Waals surface area contributed by atoms with Crippen LogP contribution in [-0.4, -0.2) is 38.7 Å². The smallest absolute Gasteiger partial charge is 0.331 e. The average Bonchev–Trinajstić information content (AvgIpc) is 2.52. The molecule has 1 aliphatic carbocycles. The molecule has 2 rings (SSSR count). The van der Waals surface area contributed by atoms with Crippen molar-refractivity contribution in [1.82, 2.24) is 5.32 Å². The summed E-state index contributed by atoms with van der Waals surface area (Å²) in [7, 11) is 4.51. The second-order valence-corrected chi connectivity index (χ2v) is 5.36. The minimum absolute atomic E-state index is 0.268. The number of benzene rings is 1. The second kappa shape index (κ2) is 6.25. The second-order valence-electron chi connectivity index (χ2n) is 5.36. The van der Waals surface area contributed by atoms with Gasteiger partial charge in [0.2, 0.25) is 5.91 Å². The lowest BCUT2D eigenvalue weighted by molar-refractivity contribution is -0.151. The Labute approximate surface area is 129 Å². The maximum absolute atomic E-state index is 12.3. The van der Waals surface area contributed by atoms with E-state index in [2.05, 4.69) is 5.32 Å². The van der Waals surface area contributed by atoms with E-state index >= 15 is 0 Å². The Morgan fingerprint density at radius 3 is 2.18 bits per heavy atom. The quantitative estimate of drug-likeness (QED) is 0.847. The number of methoxy groups -OCH3 is 3.